The van der Waals surface area contributed by atoms with E-state index in [1.54, 1.807) is 6.07 Å². The number of rotatable bonds is 3. The number of hydrazine groups is 1. The quantitative estimate of drug-likeness (QED) is 0.878. The lowest BCUT2D eigenvalue weighted by Gasteiger charge is -2.27. The lowest BCUT2D eigenvalue weighted by Crippen LogP contribution is -2.45. The summed E-state index contributed by atoms with van der Waals surface area (Å²) in [5, 5.41) is 2.50. The van der Waals surface area contributed by atoms with Crippen LogP contribution in [0.15, 0.2) is 18.2 Å². The summed E-state index contributed by atoms with van der Waals surface area (Å²) in [5.41, 5.74) is 4.06. The third kappa shape index (κ3) is 3.42. The van der Waals surface area contributed by atoms with Crippen molar-refractivity contribution < 1.29 is 9.13 Å². The van der Waals surface area contributed by atoms with Gasteiger partial charge >= 0.3 is 0 Å². The third-order valence-electron chi connectivity index (χ3n) is 2.44. The van der Waals surface area contributed by atoms with Gasteiger partial charge in [0.25, 0.3) is 0 Å². The minimum Gasteiger partial charge on any atom is -0.379 e. The monoisotopic (exact) mass is 244 g/mol. The molecule has 1 aromatic rings. The van der Waals surface area contributed by atoms with E-state index >= 15 is 0 Å². The zero-order valence-electron chi connectivity index (χ0n) is 8.88. The Balaban J connectivity index is 1.88. The first kappa shape index (κ1) is 11.8. The lowest BCUT2D eigenvalue weighted by molar-refractivity contribution is 0.0105. The molecule has 16 heavy (non-hydrogen) atoms. The number of benzene rings is 1. The molecular formula is C11H14ClFN2O. The average Bonchev–Trinajstić information content (AvgIpc) is 2.27. The van der Waals surface area contributed by atoms with Crippen molar-refractivity contribution in [2.24, 2.45) is 0 Å². The summed E-state index contributed by atoms with van der Waals surface area (Å²) in [6.07, 6.45) is 0. The number of morpholine rings is 1. The maximum absolute atomic E-state index is 13.0. The maximum Gasteiger partial charge on any atom is 0.125 e. The van der Waals surface area contributed by atoms with Crippen LogP contribution < -0.4 is 5.43 Å². The van der Waals surface area contributed by atoms with E-state index in [9.17, 15) is 4.39 Å². The molecule has 3 nitrogen and oxygen atoms in total. The standard InChI is InChI=1S/C11H14ClFN2O/c12-10-5-9(6-11(13)7-10)8-14-15-1-3-16-4-2-15/h5-7,14H,1-4,8H2. The molecule has 88 valence electrons. The second-order valence-corrected chi connectivity index (χ2v) is 4.15. The highest BCUT2D eigenvalue weighted by molar-refractivity contribution is 6.30. The average molecular weight is 245 g/mol. The van der Waals surface area contributed by atoms with Gasteiger partial charge in [0, 0.05) is 24.7 Å². The number of ether oxygens (including phenoxy) is 1. The molecule has 0 saturated carbocycles. The second kappa shape index (κ2) is 5.59. The Labute approximate surface area is 99.1 Å². The van der Waals surface area contributed by atoms with Crippen molar-refractivity contribution in [2.45, 2.75) is 6.54 Å². The van der Waals surface area contributed by atoms with Crippen molar-refractivity contribution >= 4 is 11.6 Å². The fourth-order valence-electron chi connectivity index (χ4n) is 1.64. The van der Waals surface area contributed by atoms with Gasteiger partial charge in [-0.25, -0.2) is 9.40 Å². The summed E-state index contributed by atoms with van der Waals surface area (Å²) in [5.74, 6) is -0.300. The van der Waals surface area contributed by atoms with Gasteiger partial charge in [0.1, 0.15) is 5.82 Å². The summed E-state index contributed by atoms with van der Waals surface area (Å²) < 4.78 is 18.3. The van der Waals surface area contributed by atoms with Crippen LogP contribution in [0.1, 0.15) is 5.56 Å². The van der Waals surface area contributed by atoms with Crippen molar-refractivity contribution in [3.8, 4) is 0 Å². The number of halogens is 2. The van der Waals surface area contributed by atoms with Crippen molar-refractivity contribution in [3.05, 3.63) is 34.6 Å². The smallest absolute Gasteiger partial charge is 0.125 e. The van der Waals surface area contributed by atoms with Gasteiger partial charge in [-0.15, -0.1) is 0 Å². The Kier molecular flexibility index (Phi) is 4.12. The Morgan fingerprint density at radius 3 is 2.75 bits per heavy atom. The molecule has 1 saturated heterocycles. The van der Waals surface area contributed by atoms with Crippen LogP contribution in [0, 0.1) is 5.82 Å². The van der Waals surface area contributed by atoms with Gasteiger partial charge in [-0.1, -0.05) is 11.6 Å². The van der Waals surface area contributed by atoms with Crippen LogP contribution in [0.4, 0.5) is 4.39 Å². The predicted octanol–water partition coefficient (Wildman–Crippen LogP) is 1.82. The molecular weight excluding hydrogens is 231 g/mol. The summed E-state index contributed by atoms with van der Waals surface area (Å²) in [4.78, 5) is 0. The van der Waals surface area contributed by atoms with E-state index in [0.29, 0.717) is 11.6 Å². The highest BCUT2D eigenvalue weighted by atomic mass is 35.5. The van der Waals surface area contributed by atoms with Gasteiger partial charge < -0.3 is 4.74 Å². The molecule has 1 aliphatic heterocycles. The molecule has 0 radical (unpaired) electrons. The van der Waals surface area contributed by atoms with Gasteiger partial charge in [-0.05, 0) is 23.8 Å². The molecule has 0 bridgehead atoms. The Bertz CT molecular complexity index is 336. The largest absolute Gasteiger partial charge is 0.379 e. The zero-order chi connectivity index (χ0) is 11.4. The molecule has 5 heteroatoms. The van der Waals surface area contributed by atoms with E-state index in [1.807, 2.05) is 0 Å². The topological polar surface area (TPSA) is 24.5 Å². The lowest BCUT2D eigenvalue weighted by atomic mass is 10.2. The molecule has 0 aliphatic carbocycles. The van der Waals surface area contributed by atoms with E-state index in [0.717, 1.165) is 31.9 Å². The van der Waals surface area contributed by atoms with E-state index in [1.165, 1.54) is 12.1 Å². The van der Waals surface area contributed by atoms with Crippen molar-refractivity contribution in [1.82, 2.24) is 10.4 Å². The molecule has 2 rings (SSSR count). The van der Waals surface area contributed by atoms with Crippen LogP contribution in [0.3, 0.4) is 0 Å². The van der Waals surface area contributed by atoms with E-state index in [2.05, 4.69) is 10.4 Å². The molecule has 1 heterocycles. The van der Waals surface area contributed by atoms with E-state index in [4.69, 9.17) is 16.3 Å². The normalized spacial score (nSPS) is 17.6. The van der Waals surface area contributed by atoms with Gasteiger partial charge in [0.15, 0.2) is 0 Å². The number of nitrogens with one attached hydrogen (secondary N) is 1. The molecule has 0 atom stereocenters. The number of hydrogen-bond acceptors (Lipinski definition) is 3. The minimum absolute atomic E-state index is 0.300. The fraction of sp³-hybridized carbons (Fsp3) is 0.455. The Morgan fingerprint density at radius 1 is 1.31 bits per heavy atom. The van der Waals surface area contributed by atoms with Crippen molar-refractivity contribution in [1.29, 1.82) is 0 Å². The van der Waals surface area contributed by atoms with Gasteiger partial charge in [-0.2, -0.15) is 0 Å². The van der Waals surface area contributed by atoms with Gasteiger partial charge in [-0.3, -0.25) is 5.43 Å². The first-order chi connectivity index (χ1) is 7.74. The summed E-state index contributed by atoms with van der Waals surface area (Å²) in [6.45, 7) is 3.75. The third-order valence-corrected chi connectivity index (χ3v) is 2.66. The first-order valence-electron chi connectivity index (χ1n) is 5.25. The molecule has 1 fully saturated rings. The molecule has 1 aliphatic rings. The number of hydrogen-bond donors (Lipinski definition) is 1. The minimum atomic E-state index is -0.300. The van der Waals surface area contributed by atoms with Crippen molar-refractivity contribution in [3.63, 3.8) is 0 Å². The van der Waals surface area contributed by atoms with Crippen LogP contribution in [0.25, 0.3) is 0 Å². The Morgan fingerprint density at radius 2 is 2.06 bits per heavy atom. The second-order valence-electron chi connectivity index (χ2n) is 3.71. The molecule has 0 aromatic heterocycles. The summed E-state index contributed by atoms with van der Waals surface area (Å²) in [6, 6.07) is 4.55. The number of nitrogens with zero attached hydrogens (tertiary/aromatic N) is 1. The molecule has 1 N–H and O–H groups in total. The summed E-state index contributed by atoms with van der Waals surface area (Å²) in [7, 11) is 0. The molecule has 0 unspecified atom stereocenters. The highest BCUT2D eigenvalue weighted by Gasteiger charge is 2.09. The SMILES string of the molecule is Fc1cc(Cl)cc(CNN2CCOCC2)c1. The first-order valence-corrected chi connectivity index (χ1v) is 5.63. The van der Waals surface area contributed by atoms with Crippen LogP contribution in [-0.2, 0) is 11.3 Å². The summed E-state index contributed by atoms with van der Waals surface area (Å²) >= 11 is 5.77. The molecule has 0 amide bonds. The van der Waals surface area contributed by atoms with E-state index in [-0.39, 0.29) is 5.82 Å². The Hall–Kier alpha value is -0.680. The van der Waals surface area contributed by atoms with Crippen molar-refractivity contribution in [2.75, 3.05) is 26.3 Å². The van der Waals surface area contributed by atoms with Gasteiger partial charge in [0.2, 0.25) is 0 Å². The molecule has 0 spiro atoms. The van der Waals surface area contributed by atoms with Gasteiger partial charge in [0.05, 0.1) is 13.2 Å². The van der Waals surface area contributed by atoms with Crippen LogP contribution >= 0.6 is 11.6 Å². The highest BCUT2D eigenvalue weighted by Crippen LogP contribution is 2.14. The predicted molar refractivity (Wildman–Crippen MR) is 60.6 cm³/mol. The van der Waals surface area contributed by atoms with Crippen LogP contribution in [0.5, 0.6) is 0 Å². The molecule has 1 aromatic carbocycles. The van der Waals surface area contributed by atoms with Crippen LogP contribution in [0.2, 0.25) is 5.02 Å². The maximum atomic E-state index is 13.0. The fourth-order valence-corrected chi connectivity index (χ4v) is 1.88. The van der Waals surface area contributed by atoms with Crippen LogP contribution in [-0.4, -0.2) is 31.3 Å². The van der Waals surface area contributed by atoms with E-state index < -0.39 is 0 Å². The zero-order valence-corrected chi connectivity index (χ0v) is 9.63.